The van der Waals surface area contributed by atoms with Crippen LogP contribution in [0, 0.1) is 0 Å². The van der Waals surface area contributed by atoms with E-state index in [2.05, 4.69) is 15.4 Å². The average molecular weight is 326 g/mol. The number of nitrogens with one attached hydrogen (secondary N) is 1. The minimum atomic E-state index is -0.0475. The second-order valence-corrected chi connectivity index (χ2v) is 6.69. The Balaban J connectivity index is 1.42. The molecule has 1 saturated carbocycles. The van der Waals surface area contributed by atoms with E-state index in [9.17, 15) is 4.79 Å². The molecule has 6 nitrogen and oxygen atoms in total. The zero-order valence-corrected chi connectivity index (χ0v) is 13.8. The predicted molar refractivity (Wildman–Crippen MR) is 88.6 cm³/mol. The van der Waals surface area contributed by atoms with E-state index in [0.717, 1.165) is 24.1 Å². The summed E-state index contributed by atoms with van der Waals surface area (Å²) in [7, 11) is 1.84. The lowest BCUT2D eigenvalue weighted by atomic mass is 9.98. The number of aryl methyl sites for hydroxylation is 1. The molecule has 24 heavy (non-hydrogen) atoms. The largest absolute Gasteiger partial charge is 0.373 e. The van der Waals surface area contributed by atoms with Gasteiger partial charge in [0, 0.05) is 38.0 Å². The Morgan fingerprint density at radius 2 is 2.25 bits per heavy atom. The van der Waals surface area contributed by atoms with Crippen LogP contribution in [0.2, 0.25) is 0 Å². The summed E-state index contributed by atoms with van der Waals surface area (Å²) in [6, 6.07) is 5.97. The Morgan fingerprint density at radius 3 is 3.00 bits per heavy atom. The third-order valence-electron chi connectivity index (χ3n) is 4.80. The van der Waals surface area contributed by atoms with Gasteiger partial charge in [-0.25, -0.2) is 0 Å². The minimum absolute atomic E-state index is 0.00804. The van der Waals surface area contributed by atoms with Crippen LogP contribution in [0.1, 0.15) is 59.5 Å². The van der Waals surface area contributed by atoms with Crippen molar-refractivity contribution in [1.29, 1.82) is 0 Å². The summed E-state index contributed by atoms with van der Waals surface area (Å²) >= 11 is 0. The van der Waals surface area contributed by atoms with Crippen molar-refractivity contribution in [3.05, 3.63) is 47.5 Å². The van der Waals surface area contributed by atoms with Gasteiger partial charge in [0.1, 0.15) is 5.69 Å². The number of pyridine rings is 1. The van der Waals surface area contributed by atoms with Crippen LogP contribution < -0.4 is 5.32 Å². The van der Waals surface area contributed by atoms with Crippen LogP contribution in [0.4, 0.5) is 0 Å². The van der Waals surface area contributed by atoms with E-state index in [4.69, 9.17) is 4.74 Å². The number of ether oxygens (including phenoxy) is 1. The first-order valence-corrected chi connectivity index (χ1v) is 8.57. The molecule has 126 valence electrons. The van der Waals surface area contributed by atoms with E-state index in [0.29, 0.717) is 18.2 Å². The Morgan fingerprint density at radius 1 is 1.38 bits per heavy atom. The van der Waals surface area contributed by atoms with Crippen LogP contribution in [0.5, 0.6) is 0 Å². The van der Waals surface area contributed by atoms with E-state index >= 15 is 0 Å². The van der Waals surface area contributed by atoms with Crippen molar-refractivity contribution in [2.75, 3.05) is 6.61 Å². The summed E-state index contributed by atoms with van der Waals surface area (Å²) in [5.74, 6) is 0.504. The maximum atomic E-state index is 12.6. The smallest absolute Gasteiger partial charge is 0.269 e. The average Bonchev–Trinajstić information content (AvgIpc) is 3.38. The fourth-order valence-corrected chi connectivity index (χ4v) is 3.27. The highest BCUT2D eigenvalue weighted by Crippen LogP contribution is 2.39. The summed E-state index contributed by atoms with van der Waals surface area (Å²) in [6.07, 6.45) is 7.55. The van der Waals surface area contributed by atoms with Gasteiger partial charge in [-0.2, -0.15) is 5.10 Å². The molecular formula is C18H22N4O2. The third-order valence-corrected chi connectivity index (χ3v) is 4.80. The van der Waals surface area contributed by atoms with Crippen LogP contribution in [-0.4, -0.2) is 33.3 Å². The molecule has 0 spiro atoms. The number of nitrogens with zero attached hydrogens (tertiary/aromatic N) is 3. The SMILES string of the molecule is Cn1nc(C2CC2)cc1C(=O)N[C@H]1CCO[C@H](c2cccnc2)C1. The molecule has 1 aliphatic carbocycles. The molecule has 3 heterocycles. The molecule has 1 amide bonds. The zero-order chi connectivity index (χ0) is 16.5. The summed E-state index contributed by atoms with van der Waals surface area (Å²) < 4.78 is 7.54. The normalized spacial score (nSPS) is 23.9. The standard InChI is InChI=1S/C18H22N4O2/c1-22-16(10-15(21-22)12-4-5-12)18(23)20-14-6-8-24-17(9-14)13-3-2-7-19-11-13/h2-3,7,10-12,14,17H,4-6,8-9H2,1H3,(H,20,23)/t14-,17-/m0/s1. The number of amides is 1. The maximum absolute atomic E-state index is 12.6. The van der Waals surface area contributed by atoms with Gasteiger partial charge in [-0.3, -0.25) is 14.5 Å². The van der Waals surface area contributed by atoms with Crippen molar-refractivity contribution in [1.82, 2.24) is 20.1 Å². The number of carbonyl (C=O) groups excluding carboxylic acids is 1. The minimum Gasteiger partial charge on any atom is -0.373 e. The van der Waals surface area contributed by atoms with Gasteiger partial charge < -0.3 is 10.1 Å². The van der Waals surface area contributed by atoms with Crippen LogP contribution in [0.15, 0.2) is 30.6 Å². The van der Waals surface area contributed by atoms with Crippen molar-refractivity contribution < 1.29 is 9.53 Å². The van der Waals surface area contributed by atoms with Crippen molar-refractivity contribution >= 4 is 5.91 Å². The van der Waals surface area contributed by atoms with Crippen LogP contribution in [0.3, 0.4) is 0 Å². The molecule has 0 radical (unpaired) electrons. The van der Waals surface area contributed by atoms with Crippen LogP contribution >= 0.6 is 0 Å². The van der Waals surface area contributed by atoms with Gasteiger partial charge in [-0.15, -0.1) is 0 Å². The van der Waals surface area contributed by atoms with Gasteiger partial charge in [0.25, 0.3) is 5.91 Å². The third kappa shape index (κ3) is 3.19. The molecule has 2 aliphatic rings. The summed E-state index contributed by atoms with van der Waals surface area (Å²) in [5.41, 5.74) is 2.75. The molecule has 4 rings (SSSR count). The molecule has 1 N–H and O–H groups in total. The van der Waals surface area contributed by atoms with Gasteiger partial charge in [-0.05, 0) is 43.4 Å². The molecule has 2 aromatic rings. The second kappa shape index (κ2) is 6.36. The van der Waals surface area contributed by atoms with Gasteiger partial charge in [0.2, 0.25) is 0 Å². The maximum Gasteiger partial charge on any atom is 0.269 e. The van der Waals surface area contributed by atoms with E-state index in [1.807, 2.05) is 31.4 Å². The summed E-state index contributed by atoms with van der Waals surface area (Å²) in [4.78, 5) is 16.8. The van der Waals surface area contributed by atoms with Crippen LogP contribution in [-0.2, 0) is 11.8 Å². The molecule has 2 atom stereocenters. The Kier molecular flexibility index (Phi) is 4.06. The monoisotopic (exact) mass is 326 g/mol. The van der Waals surface area contributed by atoms with Gasteiger partial charge in [0.05, 0.1) is 11.8 Å². The van der Waals surface area contributed by atoms with E-state index in [1.54, 1.807) is 10.9 Å². The first-order valence-electron chi connectivity index (χ1n) is 8.57. The lowest BCUT2D eigenvalue weighted by molar-refractivity contribution is 0.000661. The molecule has 0 bridgehead atoms. The van der Waals surface area contributed by atoms with Crippen LogP contribution in [0.25, 0.3) is 0 Å². The molecule has 2 fully saturated rings. The number of hydrogen-bond donors (Lipinski definition) is 1. The lowest BCUT2D eigenvalue weighted by Crippen LogP contribution is -2.40. The first kappa shape index (κ1) is 15.3. The lowest BCUT2D eigenvalue weighted by Gasteiger charge is -2.30. The predicted octanol–water partition coefficient (Wildman–Crippen LogP) is 2.34. The molecule has 1 aliphatic heterocycles. The Hall–Kier alpha value is -2.21. The van der Waals surface area contributed by atoms with E-state index < -0.39 is 0 Å². The number of hydrogen-bond acceptors (Lipinski definition) is 4. The highest BCUT2D eigenvalue weighted by molar-refractivity contribution is 5.92. The molecule has 0 unspecified atom stereocenters. The van der Waals surface area contributed by atoms with E-state index in [-0.39, 0.29) is 18.1 Å². The first-order chi connectivity index (χ1) is 11.7. The second-order valence-electron chi connectivity index (χ2n) is 6.69. The fraction of sp³-hybridized carbons (Fsp3) is 0.500. The van der Waals surface area contributed by atoms with Crippen molar-refractivity contribution in [3.63, 3.8) is 0 Å². The number of aromatic nitrogens is 3. The van der Waals surface area contributed by atoms with Crippen molar-refractivity contribution in [2.45, 2.75) is 43.7 Å². The van der Waals surface area contributed by atoms with Gasteiger partial charge in [-0.1, -0.05) is 6.07 Å². The number of rotatable bonds is 4. The fourth-order valence-electron chi connectivity index (χ4n) is 3.27. The van der Waals surface area contributed by atoms with Gasteiger partial charge >= 0.3 is 0 Å². The molecule has 1 saturated heterocycles. The molecule has 2 aromatic heterocycles. The highest BCUT2D eigenvalue weighted by atomic mass is 16.5. The molecule has 0 aromatic carbocycles. The molecule has 6 heteroatoms. The quantitative estimate of drug-likeness (QED) is 0.936. The van der Waals surface area contributed by atoms with E-state index in [1.165, 1.54) is 12.8 Å². The topological polar surface area (TPSA) is 69.0 Å². The zero-order valence-electron chi connectivity index (χ0n) is 13.8. The summed E-state index contributed by atoms with van der Waals surface area (Å²) in [6.45, 7) is 0.642. The summed E-state index contributed by atoms with van der Waals surface area (Å²) in [5, 5.41) is 7.62. The highest BCUT2D eigenvalue weighted by Gasteiger charge is 2.29. The van der Waals surface area contributed by atoms with Gasteiger partial charge in [0.15, 0.2) is 0 Å². The van der Waals surface area contributed by atoms with Crippen molar-refractivity contribution in [2.24, 2.45) is 7.05 Å². The molecular weight excluding hydrogens is 304 g/mol. The Bertz CT molecular complexity index is 724. The van der Waals surface area contributed by atoms with Crippen molar-refractivity contribution in [3.8, 4) is 0 Å². The Labute approximate surface area is 141 Å². The number of carbonyl (C=O) groups is 1.